The summed E-state index contributed by atoms with van der Waals surface area (Å²) in [6, 6.07) is 3.92. The van der Waals surface area contributed by atoms with Crippen molar-refractivity contribution in [2.75, 3.05) is 36.0 Å². The van der Waals surface area contributed by atoms with Gasteiger partial charge in [-0.3, -0.25) is 0 Å². The topological polar surface area (TPSA) is 75.9 Å². The van der Waals surface area contributed by atoms with Crippen molar-refractivity contribution >= 4 is 11.6 Å². The number of hydrogen-bond donors (Lipinski definition) is 0. The van der Waals surface area contributed by atoms with Crippen LogP contribution in [0.15, 0.2) is 30.9 Å². The van der Waals surface area contributed by atoms with Crippen LogP contribution >= 0.6 is 0 Å². The Labute approximate surface area is 164 Å². The van der Waals surface area contributed by atoms with Crippen molar-refractivity contribution < 1.29 is 0 Å². The Bertz CT molecular complexity index is 960. The molecule has 1 saturated heterocycles. The number of rotatable bonds is 3. The van der Waals surface area contributed by atoms with Gasteiger partial charge in [0.05, 0.1) is 0 Å². The predicted octanol–water partition coefficient (Wildman–Crippen LogP) is 1.97. The molecule has 2 aliphatic rings. The second kappa shape index (κ2) is 7.18. The molecule has 1 aliphatic heterocycles. The van der Waals surface area contributed by atoms with Gasteiger partial charge < -0.3 is 9.80 Å². The molecular formula is C20H24N8. The van der Waals surface area contributed by atoms with Crippen molar-refractivity contribution in [3.8, 4) is 5.82 Å². The average molecular weight is 376 g/mol. The van der Waals surface area contributed by atoms with Crippen molar-refractivity contribution in [3.63, 3.8) is 0 Å². The van der Waals surface area contributed by atoms with E-state index in [1.807, 2.05) is 25.3 Å². The summed E-state index contributed by atoms with van der Waals surface area (Å²) in [5.41, 5.74) is 2.61. The minimum atomic E-state index is 0.760. The molecule has 0 atom stereocenters. The molecule has 0 unspecified atom stereocenters. The third-order valence-electron chi connectivity index (χ3n) is 5.56. The number of nitrogens with zero attached hydrogens (tertiary/aromatic N) is 8. The molecule has 3 aromatic rings. The third kappa shape index (κ3) is 3.19. The highest BCUT2D eigenvalue weighted by atomic mass is 15.3. The van der Waals surface area contributed by atoms with Crippen molar-refractivity contribution in [1.29, 1.82) is 0 Å². The van der Waals surface area contributed by atoms with Crippen LogP contribution in [0.3, 0.4) is 0 Å². The molecule has 144 valence electrons. The van der Waals surface area contributed by atoms with Crippen LogP contribution in [0.5, 0.6) is 0 Å². The summed E-state index contributed by atoms with van der Waals surface area (Å²) in [4.78, 5) is 23.1. The lowest BCUT2D eigenvalue weighted by atomic mass is 9.96. The summed E-state index contributed by atoms with van der Waals surface area (Å²) in [5, 5.41) is 4.29. The predicted molar refractivity (Wildman–Crippen MR) is 107 cm³/mol. The van der Waals surface area contributed by atoms with Crippen molar-refractivity contribution in [1.82, 2.24) is 29.7 Å². The summed E-state index contributed by atoms with van der Waals surface area (Å²) in [6.45, 7) is 5.62. The molecule has 1 fully saturated rings. The van der Waals surface area contributed by atoms with Crippen LogP contribution in [-0.4, -0.2) is 55.9 Å². The van der Waals surface area contributed by atoms with Crippen LogP contribution in [0.1, 0.15) is 29.9 Å². The molecule has 4 heterocycles. The van der Waals surface area contributed by atoms with Crippen LogP contribution in [-0.2, 0) is 12.8 Å². The number of piperazine rings is 1. The molecule has 0 amide bonds. The number of fused-ring (bicyclic) bond motifs is 1. The van der Waals surface area contributed by atoms with Gasteiger partial charge in [0, 0.05) is 55.9 Å². The first kappa shape index (κ1) is 17.1. The largest absolute Gasteiger partial charge is 0.353 e. The SMILES string of the molecule is Cc1nc(N2CCN(c3ncnc4c3CCCC4)CC2)cc(-n2cccn2)n1. The zero-order chi connectivity index (χ0) is 18.9. The molecule has 0 saturated carbocycles. The minimum absolute atomic E-state index is 0.760. The van der Waals surface area contributed by atoms with Gasteiger partial charge in [-0.25, -0.2) is 24.6 Å². The van der Waals surface area contributed by atoms with E-state index >= 15 is 0 Å². The summed E-state index contributed by atoms with van der Waals surface area (Å²) < 4.78 is 1.78. The fraction of sp³-hybridized carbons (Fsp3) is 0.450. The smallest absolute Gasteiger partial charge is 0.159 e. The number of hydrogen-bond acceptors (Lipinski definition) is 7. The van der Waals surface area contributed by atoms with Crippen molar-refractivity contribution in [3.05, 3.63) is 47.9 Å². The first-order valence-electron chi connectivity index (χ1n) is 9.96. The van der Waals surface area contributed by atoms with Gasteiger partial charge in [0.15, 0.2) is 5.82 Å². The molecular weight excluding hydrogens is 352 g/mol. The number of aryl methyl sites for hydroxylation is 2. The molecule has 8 heteroatoms. The Balaban J connectivity index is 1.34. The van der Waals surface area contributed by atoms with E-state index in [0.29, 0.717) is 0 Å². The summed E-state index contributed by atoms with van der Waals surface area (Å²) >= 11 is 0. The van der Waals surface area contributed by atoms with E-state index < -0.39 is 0 Å². The molecule has 0 radical (unpaired) electrons. The van der Waals surface area contributed by atoms with E-state index in [0.717, 1.165) is 62.3 Å². The van der Waals surface area contributed by atoms with Crippen molar-refractivity contribution in [2.24, 2.45) is 0 Å². The molecule has 0 aromatic carbocycles. The lowest BCUT2D eigenvalue weighted by Gasteiger charge is -2.37. The average Bonchev–Trinajstić information content (AvgIpc) is 3.28. The molecule has 0 N–H and O–H groups in total. The van der Waals surface area contributed by atoms with Crippen LogP contribution in [0.2, 0.25) is 0 Å². The van der Waals surface area contributed by atoms with E-state index in [1.54, 1.807) is 17.2 Å². The van der Waals surface area contributed by atoms with Gasteiger partial charge in [-0.1, -0.05) is 0 Å². The molecule has 8 nitrogen and oxygen atoms in total. The quantitative estimate of drug-likeness (QED) is 0.692. The standard InChI is InChI=1S/C20H24N8/c1-15-24-18(13-19(25-15)28-8-4-7-23-28)26-9-11-27(12-10-26)20-16-5-2-3-6-17(16)21-14-22-20/h4,7-8,13-14H,2-3,5-6,9-12H2,1H3. The van der Waals surface area contributed by atoms with Crippen LogP contribution in [0, 0.1) is 6.92 Å². The minimum Gasteiger partial charge on any atom is -0.353 e. The van der Waals surface area contributed by atoms with Crippen LogP contribution in [0.25, 0.3) is 5.82 Å². The molecule has 3 aromatic heterocycles. The monoisotopic (exact) mass is 376 g/mol. The Morgan fingerprint density at radius 2 is 1.68 bits per heavy atom. The van der Waals surface area contributed by atoms with Crippen LogP contribution in [0.4, 0.5) is 11.6 Å². The Kier molecular flexibility index (Phi) is 4.38. The summed E-state index contributed by atoms with van der Waals surface area (Å²) in [7, 11) is 0. The molecule has 0 bridgehead atoms. The zero-order valence-corrected chi connectivity index (χ0v) is 16.1. The number of anilines is 2. The van der Waals surface area contributed by atoms with Gasteiger partial charge in [-0.05, 0) is 38.7 Å². The first-order valence-corrected chi connectivity index (χ1v) is 9.96. The lowest BCUT2D eigenvalue weighted by molar-refractivity contribution is 0.618. The van der Waals surface area contributed by atoms with Gasteiger partial charge in [-0.2, -0.15) is 5.10 Å². The van der Waals surface area contributed by atoms with Gasteiger partial charge >= 0.3 is 0 Å². The second-order valence-electron chi connectivity index (χ2n) is 7.39. The van der Waals surface area contributed by atoms with Crippen LogP contribution < -0.4 is 9.80 Å². The van der Waals surface area contributed by atoms with E-state index in [-0.39, 0.29) is 0 Å². The van der Waals surface area contributed by atoms with Gasteiger partial charge in [0.2, 0.25) is 0 Å². The van der Waals surface area contributed by atoms with E-state index in [4.69, 9.17) is 0 Å². The maximum Gasteiger partial charge on any atom is 0.159 e. The maximum absolute atomic E-state index is 4.66. The molecule has 5 rings (SSSR count). The van der Waals surface area contributed by atoms with Gasteiger partial charge in [0.1, 0.15) is 23.8 Å². The zero-order valence-electron chi connectivity index (χ0n) is 16.1. The fourth-order valence-electron chi connectivity index (χ4n) is 4.14. The van der Waals surface area contributed by atoms with E-state index in [1.165, 1.54) is 24.1 Å². The van der Waals surface area contributed by atoms with E-state index in [9.17, 15) is 0 Å². The Hall–Kier alpha value is -3.03. The van der Waals surface area contributed by atoms with Crippen molar-refractivity contribution in [2.45, 2.75) is 32.6 Å². The summed E-state index contributed by atoms with van der Waals surface area (Å²) in [5.74, 6) is 3.66. The first-order chi connectivity index (χ1) is 13.8. The molecule has 1 aliphatic carbocycles. The fourth-order valence-corrected chi connectivity index (χ4v) is 4.14. The highest BCUT2D eigenvalue weighted by Crippen LogP contribution is 2.28. The molecule has 28 heavy (non-hydrogen) atoms. The molecule has 0 spiro atoms. The van der Waals surface area contributed by atoms with E-state index in [2.05, 4.69) is 34.8 Å². The maximum atomic E-state index is 4.66. The summed E-state index contributed by atoms with van der Waals surface area (Å²) in [6.07, 6.45) is 10.1. The Morgan fingerprint density at radius 3 is 2.50 bits per heavy atom. The number of aromatic nitrogens is 6. The normalized spacial score (nSPS) is 16.9. The Morgan fingerprint density at radius 1 is 0.893 bits per heavy atom. The highest BCUT2D eigenvalue weighted by Gasteiger charge is 2.24. The highest BCUT2D eigenvalue weighted by molar-refractivity contribution is 5.52. The van der Waals surface area contributed by atoms with Gasteiger partial charge in [-0.15, -0.1) is 0 Å². The second-order valence-corrected chi connectivity index (χ2v) is 7.39. The third-order valence-corrected chi connectivity index (χ3v) is 5.56. The van der Waals surface area contributed by atoms with Gasteiger partial charge in [0.25, 0.3) is 0 Å². The lowest BCUT2D eigenvalue weighted by Crippen LogP contribution is -2.47.